The lowest BCUT2D eigenvalue weighted by Gasteiger charge is -2.09. The fourth-order valence-corrected chi connectivity index (χ4v) is 1.44. The summed E-state index contributed by atoms with van der Waals surface area (Å²) in [5.41, 5.74) is 1.29. The van der Waals surface area contributed by atoms with Crippen LogP contribution in [0.1, 0.15) is 29.8 Å². The van der Waals surface area contributed by atoms with Gasteiger partial charge in [0.25, 0.3) is 0 Å². The summed E-state index contributed by atoms with van der Waals surface area (Å²) in [6.45, 7) is 4.95. The standard InChI is InChI=1S/C12H17NO2/c1-9(2)13-8-7-10-5-3-4-6-11(10)12(14)15/h3-6,9,13H,7-8H2,1-2H3,(H,14,15). The average Bonchev–Trinajstić information content (AvgIpc) is 2.17. The van der Waals surface area contributed by atoms with E-state index in [-0.39, 0.29) is 0 Å². The predicted molar refractivity (Wildman–Crippen MR) is 60.2 cm³/mol. The molecule has 0 radical (unpaired) electrons. The lowest BCUT2D eigenvalue weighted by atomic mass is 10.0. The molecule has 0 aliphatic rings. The predicted octanol–water partition coefficient (Wildman–Crippen LogP) is 1.93. The Kier molecular flexibility index (Phi) is 4.31. The zero-order chi connectivity index (χ0) is 11.3. The number of nitrogens with one attached hydrogen (secondary N) is 1. The van der Waals surface area contributed by atoms with Crippen molar-refractivity contribution in [3.05, 3.63) is 35.4 Å². The van der Waals surface area contributed by atoms with Crippen molar-refractivity contribution in [2.45, 2.75) is 26.3 Å². The highest BCUT2D eigenvalue weighted by Crippen LogP contribution is 2.08. The Hall–Kier alpha value is -1.35. The molecular formula is C12H17NO2. The van der Waals surface area contributed by atoms with Crippen LogP contribution in [0.25, 0.3) is 0 Å². The van der Waals surface area contributed by atoms with Crippen LogP contribution in [0.2, 0.25) is 0 Å². The van der Waals surface area contributed by atoms with E-state index in [2.05, 4.69) is 19.2 Å². The molecule has 15 heavy (non-hydrogen) atoms. The molecule has 0 heterocycles. The largest absolute Gasteiger partial charge is 0.478 e. The number of carboxylic acid groups (broad SMARTS) is 1. The van der Waals surface area contributed by atoms with E-state index in [1.807, 2.05) is 12.1 Å². The van der Waals surface area contributed by atoms with E-state index < -0.39 is 5.97 Å². The van der Waals surface area contributed by atoms with Crippen molar-refractivity contribution in [2.75, 3.05) is 6.54 Å². The Morgan fingerprint density at radius 1 is 1.40 bits per heavy atom. The van der Waals surface area contributed by atoms with Gasteiger partial charge in [-0.2, -0.15) is 0 Å². The number of carbonyl (C=O) groups is 1. The minimum Gasteiger partial charge on any atom is -0.478 e. The van der Waals surface area contributed by atoms with Gasteiger partial charge in [-0.25, -0.2) is 4.79 Å². The van der Waals surface area contributed by atoms with Crippen molar-refractivity contribution in [1.82, 2.24) is 5.32 Å². The van der Waals surface area contributed by atoms with Crippen LogP contribution < -0.4 is 5.32 Å². The molecule has 0 atom stereocenters. The maximum Gasteiger partial charge on any atom is 0.335 e. The molecule has 0 bridgehead atoms. The van der Waals surface area contributed by atoms with Crippen LogP contribution in [0.3, 0.4) is 0 Å². The summed E-state index contributed by atoms with van der Waals surface area (Å²) in [6.07, 6.45) is 0.751. The van der Waals surface area contributed by atoms with E-state index in [9.17, 15) is 4.79 Å². The number of benzene rings is 1. The second-order valence-corrected chi connectivity index (χ2v) is 3.82. The molecule has 82 valence electrons. The van der Waals surface area contributed by atoms with Gasteiger partial charge in [-0.3, -0.25) is 0 Å². The van der Waals surface area contributed by atoms with E-state index in [0.29, 0.717) is 11.6 Å². The molecule has 0 saturated heterocycles. The van der Waals surface area contributed by atoms with Crippen LogP contribution in [0, 0.1) is 0 Å². The highest BCUT2D eigenvalue weighted by Gasteiger charge is 2.07. The molecule has 0 aromatic heterocycles. The Balaban J connectivity index is 2.63. The first-order valence-corrected chi connectivity index (χ1v) is 5.16. The smallest absolute Gasteiger partial charge is 0.335 e. The number of aromatic carboxylic acids is 1. The minimum atomic E-state index is -0.852. The summed E-state index contributed by atoms with van der Waals surface area (Å²) in [4.78, 5) is 10.9. The maximum absolute atomic E-state index is 10.9. The van der Waals surface area contributed by atoms with Crippen LogP contribution in [-0.2, 0) is 6.42 Å². The van der Waals surface area contributed by atoms with E-state index in [4.69, 9.17) is 5.11 Å². The van der Waals surface area contributed by atoms with Gasteiger partial charge in [0.15, 0.2) is 0 Å². The van der Waals surface area contributed by atoms with Crippen LogP contribution in [0.4, 0.5) is 0 Å². The van der Waals surface area contributed by atoms with Gasteiger partial charge >= 0.3 is 5.97 Å². The van der Waals surface area contributed by atoms with E-state index >= 15 is 0 Å². The number of hydrogen-bond acceptors (Lipinski definition) is 2. The highest BCUT2D eigenvalue weighted by atomic mass is 16.4. The van der Waals surface area contributed by atoms with Crippen molar-refractivity contribution >= 4 is 5.97 Å². The Morgan fingerprint density at radius 2 is 2.07 bits per heavy atom. The van der Waals surface area contributed by atoms with Crippen molar-refractivity contribution in [2.24, 2.45) is 0 Å². The number of carboxylic acids is 1. The molecule has 0 spiro atoms. The van der Waals surface area contributed by atoms with Gasteiger partial charge in [0.1, 0.15) is 0 Å². The fraction of sp³-hybridized carbons (Fsp3) is 0.417. The van der Waals surface area contributed by atoms with Gasteiger partial charge < -0.3 is 10.4 Å². The molecule has 1 aromatic carbocycles. The molecule has 3 heteroatoms. The topological polar surface area (TPSA) is 49.3 Å². The Bertz CT molecular complexity index is 334. The molecule has 3 nitrogen and oxygen atoms in total. The van der Waals surface area contributed by atoms with Gasteiger partial charge in [0.2, 0.25) is 0 Å². The molecular weight excluding hydrogens is 190 g/mol. The van der Waals surface area contributed by atoms with Gasteiger partial charge in [-0.1, -0.05) is 32.0 Å². The number of rotatable bonds is 5. The SMILES string of the molecule is CC(C)NCCc1ccccc1C(=O)O. The summed E-state index contributed by atoms with van der Waals surface area (Å²) in [6, 6.07) is 7.57. The summed E-state index contributed by atoms with van der Waals surface area (Å²) in [5, 5.41) is 12.2. The van der Waals surface area contributed by atoms with Crippen LogP contribution in [0.5, 0.6) is 0 Å². The zero-order valence-electron chi connectivity index (χ0n) is 9.16. The summed E-state index contributed by atoms with van der Waals surface area (Å²) in [5.74, 6) is -0.852. The lowest BCUT2D eigenvalue weighted by molar-refractivity contribution is 0.0695. The van der Waals surface area contributed by atoms with E-state index in [1.54, 1.807) is 12.1 Å². The summed E-state index contributed by atoms with van der Waals surface area (Å²) >= 11 is 0. The maximum atomic E-state index is 10.9. The Morgan fingerprint density at radius 3 is 2.67 bits per heavy atom. The molecule has 0 aliphatic heterocycles. The number of hydrogen-bond donors (Lipinski definition) is 2. The third-order valence-electron chi connectivity index (χ3n) is 2.19. The molecule has 0 fully saturated rings. The van der Waals surface area contributed by atoms with Gasteiger partial charge in [-0.15, -0.1) is 0 Å². The van der Waals surface area contributed by atoms with Crippen LogP contribution in [0.15, 0.2) is 24.3 Å². The third-order valence-corrected chi connectivity index (χ3v) is 2.19. The van der Waals surface area contributed by atoms with Crippen LogP contribution >= 0.6 is 0 Å². The van der Waals surface area contributed by atoms with Gasteiger partial charge in [0.05, 0.1) is 5.56 Å². The minimum absolute atomic E-state index is 0.406. The van der Waals surface area contributed by atoms with Gasteiger partial charge in [0, 0.05) is 6.04 Å². The molecule has 1 aromatic rings. The quantitative estimate of drug-likeness (QED) is 0.775. The van der Waals surface area contributed by atoms with Crippen LogP contribution in [-0.4, -0.2) is 23.7 Å². The lowest BCUT2D eigenvalue weighted by Crippen LogP contribution is -2.25. The van der Waals surface area contributed by atoms with E-state index in [1.165, 1.54) is 0 Å². The molecule has 0 aliphatic carbocycles. The monoisotopic (exact) mass is 207 g/mol. The normalized spacial score (nSPS) is 10.6. The Labute approximate surface area is 90.1 Å². The third kappa shape index (κ3) is 3.72. The zero-order valence-corrected chi connectivity index (χ0v) is 9.16. The van der Waals surface area contributed by atoms with Crippen molar-refractivity contribution in [3.8, 4) is 0 Å². The summed E-state index contributed by atoms with van der Waals surface area (Å²) in [7, 11) is 0. The molecule has 1 rings (SSSR count). The second-order valence-electron chi connectivity index (χ2n) is 3.82. The molecule has 2 N–H and O–H groups in total. The summed E-state index contributed by atoms with van der Waals surface area (Å²) < 4.78 is 0. The highest BCUT2D eigenvalue weighted by molar-refractivity contribution is 5.89. The van der Waals surface area contributed by atoms with Crippen molar-refractivity contribution < 1.29 is 9.90 Å². The van der Waals surface area contributed by atoms with Crippen molar-refractivity contribution in [1.29, 1.82) is 0 Å². The van der Waals surface area contributed by atoms with Crippen molar-refractivity contribution in [3.63, 3.8) is 0 Å². The van der Waals surface area contributed by atoms with Gasteiger partial charge in [-0.05, 0) is 24.6 Å². The molecule has 0 unspecified atom stereocenters. The first-order chi connectivity index (χ1) is 7.11. The molecule has 0 saturated carbocycles. The first kappa shape index (κ1) is 11.7. The average molecular weight is 207 g/mol. The van der Waals surface area contributed by atoms with E-state index in [0.717, 1.165) is 18.5 Å². The first-order valence-electron chi connectivity index (χ1n) is 5.16. The fourth-order valence-electron chi connectivity index (χ4n) is 1.44. The molecule has 0 amide bonds. The second kappa shape index (κ2) is 5.51.